The first-order valence-corrected chi connectivity index (χ1v) is 7.10. The second-order valence-electron chi connectivity index (χ2n) is 4.83. The van der Waals surface area contributed by atoms with Crippen LogP contribution in [0.3, 0.4) is 0 Å². The summed E-state index contributed by atoms with van der Waals surface area (Å²) in [6.45, 7) is 4.22. The second kappa shape index (κ2) is 6.29. The van der Waals surface area contributed by atoms with Crippen LogP contribution in [0, 0.1) is 0 Å². The molecule has 20 heavy (non-hydrogen) atoms. The molecular weight excluding hydrogens is 293 g/mol. The average Bonchev–Trinajstić information content (AvgIpc) is 2.43. The Morgan fingerprint density at radius 1 is 1.00 bits per heavy atom. The molecule has 1 amide bonds. The van der Waals surface area contributed by atoms with Crippen molar-refractivity contribution < 1.29 is 4.79 Å². The molecule has 2 aromatic carbocycles. The van der Waals surface area contributed by atoms with E-state index >= 15 is 0 Å². The first kappa shape index (κ1) is 14.9. The fourth-order valence-electron chi connectivity index (χ4n) is 1.82. The van der Waals surface area contributed by atoms with Gasteiger partial charge in [-0.05, 0) is 35.7 Å². The van der Waals surface area contributed by atoms with Gasteiger partial charge in [0.05, 0.1) is 15.7 Å². The Hall–Kier alpha value is -1.51. The minimum atomic E-state index is -0.227. The Morgan fingerprint density at radius 3 is 2.05 bits per heavy atom. The molecule has 0 saturated carbocycles. The van der Waals surface area contributed by atoms with Gasteiger partial charge < -0.3 is 5.32 Å². The van der Waals surface area contributed by atoms with Gasteiger partial charge in [0.25, 0.3) is 5.91 Å². The lowest BCUT2D eigenvalue weighted by Gasteiger charge is -2.10. The summed E-state index contributed by atoms with van der Waals surface area (Å²) in [5, 5.41) is 3.58. The van der Waals surface area contributed by atoms with Crippen molar-refractivity contribution in [1.29, 1.82) is 0 Å². The molecule has 0 saturated heterocycles. The van der Waals surface area contributed by atoms with E-state index in [1.165, 1.54) is 5.56 Å². The number of hydrogen-bond acceptors (Lipinski definition) is 1. The average molecular weight is 308 g/mol. The molecular formula is C16H15Cl2NO. The van der Waals surface area contributed by atoms with Crippen molar-refractivity contribution in [2.75, 3.05) is 5.32 Å². The Bertz CT molecular complexity index is 601. The molecule has 2 aromatic rings. The molecule has 0 fully saturated rings. The van der Waals surface area contributed by atoms with Gasteiger partial charge in [0.2, 0.25) is 0 Å². The van der Waals surface area contributed by atoms with Crippen molar-refractivity contribution in [2.24, 2.45) is 0 Å². The summed E-state index contributed by atoms with van der Waals surface area (Å²) in [6, 6.07) is 12.6. The lowest BCUT2D eigenvalue weighted by atomic mass is 10.0. The van der Waals surface area contributed by atoms with Crippen LogP contribution in [0.15, 0.2) is 42.5 Å². The zero-order valence-corrected chi connectivity index (χ0v) is 12.8. The minimum absolute atomic E-state index is 0.227. The molecule has 0 aromatic heterocycles. The van der Waals surface area contributed by atoms with Gasteiger partial charge >= 0.3 is 0 Å². The molecule has 0 aliphatic rings. The maximum absolute atomic E-state index is 12.2. The summed E-state index contributed by atoms with van der Waals surface area (Å²) in [5.41, 5.74) is 2.21. The molecule has 2 nitrogen and oxygen atoms in total. The maximum atomic E-state index is 12.2. The molecule has 0 atom stereocenters. The van der Waals surface area contributed by atoms with Gasteiger partial charge in [-0.15, -0.1) is 0 Å². The first-order valence-electron chi connectivity index (χ1n) is 6.34. The van der Waals surface area contributed by atoms with Crippen molar-refractivity contribution in [2.45, 2.75) is 19.8 Å². The molecule has 0 aliphatic heterocycles. The zero-order chi connectivity index (χ0) is 14.7. The van der Waals surface area contributed by atoms with Crippen LogP contribution in [0.25, 0.3) is 0 Å². The lowest BCUT2D eigenvalue weighted by Crippen LogP contribution is -2.12. The fraction of sp³-hybridized carbons (Fsp3) is 0.188. The predicted molar refractivity (Wildman–Crippen MR) is 84.9 cm³/mol. The van der Waals surface area contributed by atoms with E-state index < -0.39 is 0 Å². The summed E-state index contributed by atoms with van der Waals surface area (Å²) in [4.78, 5) is 12.2. The van der Waals surface area contributed by atoms with E-state index in [9.17, 15) is 4.79 Å². The monoisotopic (exact) mass is 307 g/mol. The number of rotatable bonds is 3. The number of hydrogen-bond donors (Lipinski definition) is 1. The van der Waals surface area contributed by atoms with Crippen LogP contribution in [0.4, 0.5) is 5.69 Å². The van der Waals surface area contributed by atoms with Crippen LogP contribution in [0.1, 0.15) is 35.7 Å². The number of nitrogens with one attached hydrogen (secondary N) is 1. The van der Waals surface area contributed by atoms with Gasteiger partial charge in [-0.2, -0.15) is 0 Å². The normalized spacial score (nSPS) is 10.7. The van der Waals surface area contributed by atoms with Crippen molar-refractivity contribution >= 4 is 34.8 Å². The largest absolute Gasteiger partial charge is 0.319 e. The molecule has 104 valence electrons. The van der Waals surface area contributed by atoms with Gasteiger partial charge in [-0.1, -0.05) is 55.2 Å². The summed E-state index contributed by atoms with van der Waals surface area (Å²) in [7, 11) is 0. The van der Waals surface area contributed by atoms with Crippen LogP contribution in [0.5, 0.6) is 0 Å². The number of halogens is 2. The van der Waals surface area contributed by atoms with Crippen LogP contribution < -0.4 is 5.32 Å². The Kier molecular flexibility index (Phi) is 4.69. The van der Waals surface area contributed by atoms with E-state index in [-0.39, 0.29) is 5.91 Å². The smallest absolute Gasteiger partial charge is 0.255 e. The molecule has 0 radical (unpaired) electrons. The molecule has 4 heteroatoms. The van der Waals surface area contributed by atoms with Gasteiger partial charge in [-0.3, -0.25) is 4.79 Å². The first-order chi connectivity index (χ1) is 9.49. The van der Waals surface area contributed by atoms with Crippen molar-refractivity contribution in [1.82, 2.24) is 0 Å². The third-order valence-electron chi connectivity index (χ3n) is 3.04. The summed E-state index contributed by atoms with van der Waals surface area (Å²) < 4.78 is 0. The molecule has 0 bridgehead atoms. The molecule has 0 aliphatic carbocycles. The van der Waals surface area contributed by atoms with E-state index in [1.807, 2.05) is 12.1 Å². The standard InChI is InChI=1S/C16H15Cl2NO/c1-10(2)11-6-8-12(9-7-11)16(20)19-15-13(17)4-3-5-14(15)18/h3-10H,1-2H3,(H,19,20). The number of benzene rings is 2. The number of anilines is 1. The van der Waals surface area contributed by atoms with Crippen molar-refractivity contribution in [3.8, 4) is 0 Å². The second-order valence-corrected chi connectivity index (χ2v) is 5.64. The SMILES string of the molecule is CC(C)c1ccc(C(=O)Nc2c(Cl)cccc2Cl)cc1. The highest BCUT2D eigenvalue weighted by Crippen LogP contribution is 2.30. The number of carbonyl (C=O) groups excluding carboxylic acids is 1. The van der Waals surface area contributed by atoms with Crippen LogP contribution in [-0.4, -0.2) is 5.91 Å². The molecule has 0 spiro atoms. The van der Waals surface area contributed by atoms with Crippen LogP contribution >= 0.6 is 23.2 Å². The highest BCUT2D eigenvalue weighted by Gasteiger charge is 2.11. The summed E-state index contributed by atoms with van der Waals surface area (Å²) in [6.07, 6.45) is 0. The van der Waals surface area contributed by atoms with E-state index in [1.54, 1.807) is 30.3 Å². The Labute approximate surface area is 128 Å². The molecule has 0 unspecified atom stereocenters. The van der Waals surface area contributed by atoms with Gasteiger partial charge in [0.15, 0.2) is 0 Å². The highest BCUT2D eigenvalue weighted by atomic mass is 35.5. The van der Waals surface area contributed by atoms with Gasteiger partial charge in [0, 0.05) is 5.56 Å². The predicted octanol–water partition coefficient (Wildman–Crippen LogP) is 5.37. The summed E-state index contributed by atoms with van der Waals surface area (Å²) >= 11 is 12.1. The quantitative estimate of drug-likeness (QED) is 0.811. The third kappa shape index (κ3) is 3.33. The number of carbonyl (C=O) groups is 1. The number of para-hydroxylation sites is 1. The van der Waals surface area contributed by atoms with Gasteiger partial charge in [0.1, 0.15) is 0 Å². The van der Waals surface area contributed by atoms with Crippen molar-refractivity contribution in [3.05, 3.63) is 63.6 Å². The fourth-order valence-corrected chi connectivity index (χ4v) is 2.31. The molecule has 2 rings (SSSR count). The van der Waals surface area contributed by atoms with E-state index in [4.69, 9.17) is 23.2 Å². The highest BCUT2D eigenvalue weighted by molar-refractivity contribution is 6.40. The zero-order valence-electron chi connectivity index (χ0n) is 11.3. The van der Waals surface area contributed by atoms with E-state index in [0.717, 1.165) is 0 Å². The lowest BCUT2D eigenvalue weighted by molar-refractivity contribution is 0.102. The van der Waals surface area contributed by atoms with Crippen molar-refractivity contribution in [3.63, 3.8) is 0 Å². The molecule has 0 heterocycles. The maximum Gasteiger partial charge on any atom is 0.255 e. The molecule has 1 N–H and O–H groups in total. The van der Waals surface area contributed by atoms with Crippen LogP contribution in [-0.2, 0) is 0 Å². The third-order valence-corrected chi connectivity index (χ3v) is 3.67. The van der Waals surface area contributed by atoms with Crippen LogP contribution in [0.2, 0.25) is 10.0 Å². The Balaban J connectivity index is 2.20. The topological polar surface area (TPSA) is 29.1 Å². The number of amides is 1. The van der Waals surface area contributed by atoms with E-state index in [0.29, 0.717) is 27.2 Å². The van der Waals surface area contributed by atoms with E-state index in [2.05, 4.69) is 19.2 Å². The summed E-state index contributed by atoms with van der Waals surface area (Å²) in [5.74, 6) is 0.209. The Morgan fingerprint density at radius 2 is 1.55 bits per heavy atom. The van der Waals surface area contributed by atoms with Gasteiger partial charge in [-0.25, -0.2) is 0 Å². The minimum Gasteiger partial charge on any atom is -0.319 e.